The average molecular weight is 640 g/mol. The molecule has 2 fully saturated rings. The van der Waals surface area contributed by atoms with Crippen LogP contribution in [0.2, 0.25) is 0 Å². The van der Waals surface area contributed by atoms with Gasteiger partial charge in [-0.05, 0) is 63.5 Å². The van der Waals surface area contributed by atoms with Gasteiger partial charge in [-0.3, -0.25) is 4.79 Å². The number of Topliss-reactive ketones (excluding diaryl/α,β-unsaturated/α-hetero) is 1. The highest BCUT2D eigenvalue weighted by Crippen LogP contribution is 2.37. The molecule has 1 N–H and O–H groups in total. The van der Waals surface area contributed by atoms with E-state index in [1.807, 2.05) is 50.2 Å². The van der Waals surface area contributed by atoms with E-state index in [4.69, 9.17) is 19.4 Å². The summed E-state index contributed by atoms with van der Waals surface area (Å²) < 4.78 is 11.1. The second-order valence-corrected chi connectivity index (χ2v) is 12.4. The number of aromatic nitrogens is 4. The molecule has 0 bridgehead atoms. The Morgan fingerprint density at radius 3 is 1.47 bits per heavy atom. The fourth-order valence-electron chi connectivity index (χ4n) is 6.69. The van der Waals surface area contributed by atoms with Crippen molar-refractivity contribution in [2.45, 2.75) is 103 Å². The highest BCUT2D eigenvalue weighted by molar-refractivity contribution is 5.79. The summed E-state index contributed by atoms with van der Waals surface area (Å²) in [4.78, 5) is 30.0. The van der Waals surface area contributed by atoms with E-state index < -0.39 is 0 Å². The van der Waals surface area contributed by atoms with Crippen LogP contribution in [-0.4, -0.2) is 51.1 Å². The van der Waals surface area contributed by atoms with Gasteiger partial charge in [0.25, 0.3) is 0 Å². The van der Waals surface area contributed by atoms with Gasteiger partial charge in [-0.15, -0.1) is 0 Å². The highest BCUT2D eigenvalue weighted by atomic mass is 16.5. The number of ether oxygens (including phenoxy) is 2. The zero-order valence-corrected chi connectivity index (χ0v) is 27.5. The first-order valence-electron chi connectivity index (χ1n) is 16.4. The van der Waals surface area contributed by atoms with Crippen LogP contribution in [0.3, 0.4) is 0 Å². The molecule has 47 heavy (non-hydrogen) atoms. The van der Waals surface area contributed by atoms with Crippen LogP contribution in [0.15, 0.2) is 60.7 Å². The Kier molecular flexibility index (Phi) is 13.0. The molecular formula is C39H51N4O4-. The number of rotatable bonds is 8. The van der Waals surface area contributed by atoms with Crippen LogP contribution in [0, 0.1) is 13.8 Å². The molecule has 4 aromatic rings. The first-order chi connectivity index (χ1) is 22.3. The number of hydrogen-bond acceptors (Lipinski definition) is 8. The van der Waals surface area contributed by atoms with Gasteiger partial charge < -0.3 is 16.0 Å². The third-order valence-corrected chi connectivity index (χ3v) is 9.07. The molecule has 2 aromatic carbocycles. The number of aliphatic hydroxyl groups is 1. The zero-order valence-electron chi connectivity index (χ0n) is 28.5. The van der Waals surface area contributed by atoms with E-state index >= 15 is 0 Å². The predicted molar refractivity (Wildman–Crippen MR) is 186 cm³/mol. The van der Waals surface area contributed by atoms with Crippen LogP contribution in [0.1, 0.15) is 117 Å². The molecule has 252 valence electrons. The van der Waals surface area contributed by atoms with E-state index in [1.54, 1.807) is 14.2 Å². The lowest BCUT2D eigenvalue weighted by Gasteiger charge is -2.27. The summed E-state index contributed by atoms with van der Waals surface area (Å²) >= 11 is 0. The standard InChI is InChI=1S/C19H24N2O2.C19H22N2O2.CH4.H/c2*1-13-20-18(15-8-10-16(22)11-9-15)17(19(21-13)23-2)12-14-6-4-3-5-7-14;;/h3-7,15-16,22H,8-12H2,1-2H3;3-7,15H,8-12H2,1-2H3;1H4;/q;;;-1. The van der Waals surface area contributed by atoms with Crippen LogP contribution < -0.4 is 9.47 Å². The Morgan fingerprint density at radius 1 is 0.660 bits per heavy atom. The molecule has 6 rings (SSSR count). The minimum absolute atomic E-state index is 0. The minimum atomic E-state index is -0.159. The maximum atomic E-state index is 11.5. The van der Waals surface area contributed by atoms with Crippen molar-refractivity contribution in [2.75, 3.05) is 14.2 Å². The monoisotopic (exact) mass is 639 g/mol. The number of carbonyl (C=O) groups is 1. The van der Waals surface area contributed by atoms with Crippen LogP contribution >= 0.6 is 0 Å². The van der Waals surface area contributed by atoms with Crippen molar-refractivity contribution < 1.29 is 20.8 Å². The van der Waals surface area contributed by atoms with Gasteiger partial charge in [0.05, 0.1) is 31.7 Å². The quantitative estimate of drug-likeness (QED) is 0.208. The van der Waals surface area contributed by atoms with E-state index in [9.17, 15) is 9.90 Å². The second kappa shape index (κ2) is 17.1. The van der Waals surface area contributed by atoms with Gasteiger partial charge in [0.2, 0.25) is 11.8 Å². The molecule has 0 spiro atoms. The van der Waals surface area contributed by atoms with Crippen LogP contribution in [0.5, 0.6) is 11.8 Å². The van der Waals surface area contributed by atoms with Crippen LogP contribution in [-0.2, 0) is 17.6 Å². The lowest BCUT2D eigenvalue weighted by atomic mass is 9.83. The van der Waals surface area contributed by atoms with E-state index in [0.29, 0.717) is 42.2 Å². The molecule has 0 atom stereocenters. The highest BCUT2D eigenvalue weighted by Gasteiger charge is 2.28. The second-order valence-electron chi connectivity index (χ2n) is 12.4. The molecule has 2 heterocycles. The van der Waals surface area contributed by atoms with Gasteiger partial charge in [0, 0.05) is 48.6 Å². The molecule has 0 amide bonds. The average Bonchev–Trinajstić information content (AvgIpc) is 3.08. The minimum Gasteiger partial charge on any atom is -1.00 e. The molecular weight excluding hydrogens is 588 g/mol. The third-order valence-electron chi connectivity index (χ3n) is 9.07. The fraction of sp³-hybridized carbons (Fsp3) is 0.462. The van der Waals surface area contributed by atoms with Crippen LogP contribution in [0.4, 0.5) is 0 Å². The van der Waals surface area contributed by atoms with Gasteiger partial charge >= 0.3 is 0 Å². The number of hydrogen-bond donors (Lipinski definition) is 1. The van der Waals surface area contributed by atoms with Crippen molar-refractivity contribution in [3.63, 3.8) is 0 Å². The zero-order chi connectivity index (χ0) is 32.5. The smallest absolute Gasteiger partial charge is 0.220 e. The number of methoxy groups -OCH3 is 2. The fourth-order valence-corrected chi connectivity index (χ4v) is 6.69. The summed E-state index contributed by atoms with van der Waals surface area (Å²) in [6.45, 7) is 3.81. The molecule has 0 unspecified atom stereocenters. The van der Waals surface area contributed by atoms with Gasteiger partial charge in [-0.25, -0.2) is 9.97 Å². The molecule has 2 aromatic heterocycles. The van der Waals surface area contributed by atoms with E-state index in [-0.39, 0.29) is 15.0 Å². The van der Waals surface area contributed by atoms with Crippen molar-refractivity contribution in [2.24, 2.45) is 0 Å². The Morgan fingerprint density at radius 2 is 1.06 bits per heavy atom. The molecule has 2 aliphatic carbocycles. The summed E-state index contributed by atoms with van der Waals surface area (Å²) in [7, 11) is 3.33. The Labute approximate surface area is 281 Å². The Hall–Kier alpha value is -4.17. The summed E-state index contributed by atoms with van der Waals surface area (Å²) in [6.07, 6.45) is 8.08. The first kappa shape index (κ1) is 35.7. The maximum Gasteiger partial charge on any atom is 0.220 e. The van der Waals surface area contributed by atoms with Gasteiger partial charge in [0.1, 0.15) is 17.4 Å². The number of ketones is 1. The molecule has 0 aliphatic heterocycles. The molecule has 2 saturated carbocycles. The summed E-state index contributed by atoms with van der Waals surface area (Å²) in [5.41, 5.74) is 6.76. The van der Waals surface area contributed by atoms with Crippen molar-refractivity contribution in [3.8, 4) is 11.8 Å². The summed E-state index contributed by atoms with van der Waals surface area (Å²) in [6, 6.07) is 20.7. The SMILES string of the molecule is C.COc1nc(C)nc(C2CCC(=O)CC2)c1Cc1ccccc1.COc1nc(C)nc(C2CCC(O)CC2)c1Cc1ccccc1.[H-]. The maximum absolute atomic E-state index is 11.5. The molecule has 2 aliphatic rings. The lowest BCUT2D eigenvalue weighted by Crippen LogP contribution is -2.20. The Bertz CT molecular complexity index is 1590. The molecule has 8 heteroatoms. The van der Waals surface area contributed by atoms with Gasteiger partial charge in [-0.2, -0.15) is 9.97 Å². The van der Waals surface area contributed by atoms with Crippen LogP contribution in [0.25, 0.3) is 0 Å². The predicted octanol–water partition coefficient (Wildman–Crippen LogP) is 7.76. The van der Waals surface area contributed by atoms with E-state index in [0.717, 1.165) is 85.5 Å². The third kappa shape index (κ3) is 9.44. The van der Waals surface area contributed by atoms with E-state index in [1.165, 1.54) is 11.1 Å². The van der Waals surface area contributed by atoms with Gasteiger partial charge in [-0.1, -0.05) is 68.1 Å². The summed E-state index contributed by atoms with van der Waals surface area (Å²) in [5.74, 6) is 3.89. The number of aryl methyl sites for hydroxylation is 2. The van der Waals surface area contributed by atoms with Crippen molar-refractivity contribution in [1.82, 2.24) is 19.9 Å². The molecule has 8 nitrogen and oxygen atoms in total. The normalized spacial score (nSPS) is 18.0. The molecule has 0 radical (unpaired) electrons. The number of aliphatic hydroxyl groups excluding tert-OH is 1. The van der Waals surface area contributed by atoms with Gasteiger partial charge in [0.15, 0.2) is 0 Å². The topological polar surface area (TPSA) is 107 Å². The van der Waals surface area contributed by atoms with Crippen molar-refractivity contribution >= 4 is 5.78 Å². The Balaban J connectivity index is 0.000000250. The van der Waals surface area contributed by atoms with Crippen molar-refractivity contribution in [3.05, 3.63) is 106 Å². The number of carbonyl (C=O) groups excluding carboxylic acids is 1. The number of nitrogens with zero attached hydrogens (tertiary/aromatic N) is 4. The number of benzene rings is 2. The largest absolute Gasteiger partial charge is 1.00 e. The summed E-state index contributed by atoms with van der Waals surface area (Å²) in [5, 5.41) is 9.78. The molecule has 0 saturated heterocycles. The van der Waals surface area contributed by atoms with E-state index in [2.05, 4.69) is 34.2 Å². The van der Waals surface area contributed by atoms with Crippen molar-refractivity contribution in [1.29, 1.82) is 0 Å². The lowest BCUT2D eigenvalue weighted by molar-refractivity contribution is -0.120. The first-order valence-corrected chi connectivity index (χ1v) is 16.4.